The van der Waals surface area contributed by atoms with Crippen molar-refractivity contribution in [2.75, 3.05) is 0 Å². The van der Waals surface area contributed by atoms with Crippen molar-refractivity contribution >= 4 is 0 Å². The molecule has 0 amide bonds. The Balaban J connectivity index is 0. The SMILES string of the molecule is [CH3-].[CH3-].[CH3-].[La+3]. The van der Waals surface area contributed by atoms with Crippen LogP contribution in [0.3, 0.4) is 0 Å². The van der Waals surface area contributed by atoms with Crippen molar-refractivity contribution in [3.8, 4) is 0 Å². The van der Waals surface area contributed by atoms with Gasteiger partial charge in [0.05, 0.1) is 0 Å². The quantitative estimate of drug-likeness (QED) is 0.498. The maximum atomic E-state index is 0. The largest absolute Gasteiger partial charge is 3.00 e. The Labute approximate surface area is 57.6 Å². The van der Waals surface area contributed by atoms with Crippen LogP contribution in [0.5, 0.6) is 0 Å². The van der Waals surface area contributed by atoms with E-state index in [4.69, 9.17) is 0 Å². The van der Waals surface area contributed by atoms with Crippen LogP contribution in [-0.2, 0) is 0 Å². The minimum atomic E-state index is 0. The summed E-state index contributed by atoms with van der Waals surface area (Å²) in [6.07, 6.45) is 0. The molecule has 1 heteroatoms. The fraction of sp³-hybridized carbons (Fsp3) is 0. The van der Waals surface area contributed by atoms with E-state index in [9.17, 15) is 0 Å². The van der Waals surface area contributed by atoms with E-state index in [1.165, 1.54) is 0 Å². The second-order valence-corrected chi connectivity index (χ2v) is 0. The van der Waals surface area contributed by atoms with Crippen LogP contribution in [0.25, 0.3) is 0 Å². The summed E-state index contributed by atoms with van der Waals surface area (Å²) in [5.74, 6) is 0. The Morgan fingerprint density at radius 2 is 0.500 bits per heavy atom. The van der Waals surface area contributed by atoms with Gasteiger partial charge in [-0.1, -0.05) is 0 Å². The molecule has 0 spiro atoms. The summed E-state index contributed by atoms with van der Waals surface area (Å²) in [5.41, 5.74) is 0. The van der Waals surface area contributed by atoms with Crippen molar-refractivity contribution in [3.05, 3.63) is 22.3 Å². The van der Waals surface area contributed by atoms with Crippen molar-refractivity contribution in [1.29, 1.82) is 0 Å². The molecule has 0 unspecified atom stereocenters. The molecule has 0 aliphatic heterocycles. The van der Waals surface area contributed by atoms with Gasteiger partial charge in [0.25, 0.3) is 0 Å². The van der Waals surface area contributed by atoms with E-state index < -0.39 is 0 Å². The fourth-order valence-electron chi connectivity index (χ4n) is 0. The van der Waals surface area contributed by atoms with Crippen molar-refractivity contribution in [2.45, 2.75) is 0 Å². The zero-order valence-electron chi connectivity index (χ0n) is 3.58. The average Bonchev–Trinajstić information content (AvgIpc) is 0. The number of hydrogen-bond acceptors (Lipinski definition) is 0. The van der Waals surface area contributed by atoms with Crippen LogP contribution < -0.4 is 0 Å². The number of hydrogen-bond donors (Lipinski definition) is 0. The third kappa shape index (κ3) is 10.8. The van der Waals surface area contributed by atoms with E-state index in [0.717, 1.165) is 0 Å². The van der Waals surface area contributed by atoms with Crippen LogP contribution >= 0.6 is 0 Å². The molecule has 0 bridgehead atoms. The summed E-state index contributed by atoms with van der Waals surface area (Å²) in [7, 11) is 0. The summed E-state index contributed by atoms with van der Waals surface area (Å²) < 4.78 is 0. The molecular formula is C3H9La. The molecule has 0 aliphatic carbocycles. The van der Waals surface area contributed by atoms with E-state index in [-0.39, 0.29) is 57.9 Å². The van der Waals surface area contributed by atoms with Gasteiger partial charge in [0.1, 0.15) is 0 Å². The van der Waals surface area contributed by atoms with Gasteiger partial charge in [0.2, 0.25) is 0 Å². The molecule has 4 heavy (non-hydrogen) atoms. The summed E-state index contributed by atoms with van der Waals surface area (Å²) >= 11 is 0. The van der Waals surface area contributed by atoms with Crippen molar-refractivity contribution in [2.24, 2.45) is 0 Å². The first kappa shape index (κ1) is 64.0. The Morgan fingerprint density at radius 1 is 0.500 bits per heavy atom. The molecule has 0 fully saturated rings. The molecule has 0 heterocycles. The molecule has 0 rings (SSSR count). The maximum Gasteiger partial charge on any atom is 3.00 e. The van der Waals surface area contributed by atoms with Gasteiger partial charge >= 0.3 is 35.6 Å². The van der Waals surface area contributed by atoms with Gasteiger partial charge in [0, 0.05) is 0 Å². The zero-order chi connectivity index (χ0) is 0. The molecular weight excluding hydrogens is 175 g/mol. The van der Waals surface area contributed by atoms with Gasteiger partial charge in [-0.05, 0) is 0 Å². The molecule has 0 aliphatic rings. The first-order valence-corrected chi connectivity index (χ1v) is 0. The van der Waals surface area contributed by atoms with Crippen molar-refractivity contribution in [1.82, 2.24) is 0 Å². The maximum absolute atomic E-state index is 0. The summed E-state index contributed by atoms with van der Waals surface area (Å²) in [6, 6.07) is 0. The predicted molar refractivity (Wildman–Crippen MR) is 19.2 cm³/mol. The Bertz CT molecular complexity index is 3.25. The van der Waals surface area contributed by atoms with Crippen LogP contribution in [0.15, 0.2) is 0 Å². The van der Waals surface area contributed by atoms with Gasteiger partial charge in [-0.15, -0.1) is 0 Å². The van der Waals surface area contributed by atoms with Crippen molar-refractivity contribution in [3.63, 3.8) is 0 Å². The van der Waals surface area contributed by atoms with E-state index in [1.54, 1.807) is 0 Å². The third-order valence-corrected chi connectivity index (χ3v) is 0. The van der Waals surface area contributed by atoms with Gasteiger partial charge in [-0.3, -0.25) is 0 Å². The van der Waals surface area contributed by atoms with Gasteiger partial charge in [-0.2, -0.15) is 0 Å². The average molecular weight is 184 g/mol. The molecule has 0 radical (unpaired) electrons. The number of rotatable bonds is 0. The standard InChI is InChI=1S/3CH3.La/h3*1H3;/q3*-1;+3. The first-order valence-electron chi connectivity index (χ1n) is 0. The molecule has 0 nitrogen and oxygen atoms in total. The van der Waals surface area contributed by atoms with Crippen LogP contribution in [0, 0.1) is 57.9 Å². The molecule has 0 aromatic rings. The van der Waals surface area contributed by atoms with Gasteiger partial charge < -0.3 is 22.3 Å². The monoisotopic (exact) mass is 184 g/mol. The normalized spacial score (nSPS) is 0. The van der Waals surface area contributed by atoms with E-state index in [1.807, 2.05) is 0 Å². The molecule has 0 aromatic carbocycles. The Kier molecular flexibility index (Phi) is 480. The molecule has 0 saturated carbocycles. The molecule has 0 saturated heterocycles. The summed E-state index contributed by atoms with van der Waals surface area (Å²) in [6.45, 7) is 0. The molecule has 24 valence electrons. The molecule has 0 atom stereocenters. The smallest absolute Gasteiger partial charge is 0.358 e. The third-order valence-electron chi connectivity index (χ3n) is 0. The van der Waals surface area contributed by atoms with Crippen LogP contribution in [0.2, 0.25) is 0 Å². The van der Waals surface area contributed by atoms with Crippen LogP contribution in [0.1, 0.15) is 0 Å². The topological polar surface area (TPSA) is 0 Å². The minimum absolute atomic E-state index is 0. The second kappa shape index (κ2) is 30.0. The van der Waals surface area contributed by atoms with E-state index in [0.29, 0.717) is 0 Å². The minimum Gasteiger partial charge on any atom is -0.358 e. The fourth-order valence-corrected chi connectivity index (χ4v) is 0. The molecule has 0 N–H and O–H groups in total. The summed E-state index contributed by atoms with van der Waals surface area (Å²) in [5, 5.41) is 0. The second-order valence-electron chi connectivity index (χ2n) is 0. The van der Waals surface area contributed by atoms with Crippen LogP contribution in [-0.4, -0.2) is 0 Å². The predicted octanol–water partition coefficient (Wildman–Crippen LogP) is 1.35. The zero-order valence-corrected chi connectivity index (χ0v) is 7.20. The van der Waals surface area contributed by atoms with E-state index in [2.05, 4.69) is 0 Å². The Hall–Kier alpha value is 1.19. The first-order chi connectivity index (χ1) is 0. The van der Waals surface area contributed by atoms with Gasteiger partial charge in [-0.25, -0.2) is 0 Å². The van der Waals surface area contributed by atoms with E-state index >= 15 is 0 Å². The van der Waals surface area contributed by atoms with Crippen LogP contribution in [0.4, 0.5) is 0 Å². The Morgan fingerprint density at radius 3 is 0.500 bits per heavy atom. The van der Waals surface area contributed by atoms with Gasteiger partial charge in [0.15, 0.2) is 0 Å². The van der Waals surface area contributed by atoms with Crippen molar-refractivity contribution < 1.29 is 35.6 Å². The molecule has 0 aromatic heterocycles. The summed E-state index contributed by atoms with van der Waals surface area (Å²) in [4.78, 5) is 0.